The van der Waals surface area contributed by atoms with Crippen LogP contribution in [0.4, 0.5) is 0 Å². The van der Waals surface area contributed by atoms with Gasteiger partial charge in [0.1, 0.15) is 6.10 Å². The summed E-state index contributed by atoms with van der Waals surface area (Å²) in [5.74, 6) is -1.08. The molecule has 1 fully saturated rings. The molecule has 1 heterocycles. The Morgan fingerprint density at radius 2 is 1.25 bits per heavy atom. The summed E-state index contributed by atoms with van der Waals surface area (Å²) < 4.78 is 21.4. The molecule has 0 aromatic heterocycles. The number of hydrogen-bond acceptors (Lipinski definition) is 7. The molecule has 7 nitrogen and oxygen atoms in total. The van der Waals surface area contributed by atoms with E-state index in [4.69, 9.17) is 18.9 Å². The van der Waals surface area contributed by atoms with Gasteiger partial charge in [0.05, 0.1) is 13.0 Å². The molecule has 0 bridgehead atoms. The average molecular weight is 344 g/mol. The Hall–Kier alpha value is -1.63. The van der Waals surface area contributed by atoms with E-state index in [2.05, 4.69) is 0 Å². The highest BCUT2D eigenvalue weighted by atomic mass is 16.7. The number of hydrogen-bond donors (Lipinski definition) is 0. The van der Waals surface area contributed by atoms with Gasteiger partial charge in [0.2, 0.25) is 6.29 Å². The van der Waals surface area contributed by atoms with Crippen LogP contribution in [0.15, 0.2) is 0 Å². The summed E-state index contributed by atoms with van der Waals surface area (Å²) in [6, 6.07) is 0. The number of ether oxygens (including phenoxy) is 4. The number of carbonyl (C=O) groups is 3. The van der Waals surface area contributed by atoms with Gasteiger partial charge in [-0.2, -0.15) is 0 Å². The van der Waals surface area contributed by atoms with Crippen LogP contribution >= 0.6 is 0 Å². The normalized spacial score (nSPS) is 23.4. The first kappa shape index (κ1) is 20.4. The van der Waals surface area contributed by atoms with Crippen molar-refractivity contribution in [1.82, 2.24) is 0 Å². The Morgan fingerprint density at radius 3 is 1.75 bits per heavy atom. The van der Waals surface area contributed by atoms with E-state index in [1.807, 2.05) is 20.8 Å². The predicted octanol–water partition coefficient (Wildman–Crippen LogP) is 2.50. The van der Waals surface area contributed by atoms with Crippen molar-refractivity contribution in [3.05, 3.63) is 0 Å². The van der Waals surface area contributed by atoms with E-state index in [-0.39, 0.29) is 37.4 Å². The van der Waals surface area contributed by atoms with Crippen molar-refractivity contribution in [3.8, 4) is 0 Å². The minimum absolute atomic E-state index is 0.0313. The summed E-state index contributed by atoms with van der Waals surface area (Å²) in [7, 11) is 0. The minimum atomic E-state index is -0.787. The molecule has 0 amide bonds. The molecule has 3 atom stereocenters. The Kier molecular flexibility index (Phi) is 9.37. The summed E-state index contributed by atoms with van der Waals surface area (Å²) >= 11 is 0. The standard InChI is InChI=1S/C17H28O7/c1-4-7-14(18)22-12-10-17(24-16(20)9-6-3)21-11-13(12)23-15(19)8-5-2/h12-13,17H,4-11H2,1-3H3/t12-,13-,17?/m1/s1. The molecule has 0 spiro atoms. The first-order valence-electron chi connectivity index (χ1n) is 8.70. The second kappa shape index (κ2) is 11.0. The van der Waals surface area contributed by atoms with Gasteiger partial charge in [0.15, 0.2) is 6.10 Å². The minimum Gasteiger partial charge on any atom is -0.458 e. The summed E-state index contributed by atoms with van der Waals surface area (Å²) in [6.45, 7) is 5.66. The maximum Gasteiger partial charge on any atom is 0.308 e. The van der Waals surface area contributed by atoms with Gasteiger partial charge in [-0.05, 0) is 19.3 Å². The molecule has 0 aromatic carbocycles. The van der Waals surface area contributed by atoms with Gasteiger partial charge in [-0.25, -0.2) is 0 Å². The van der Waals surface area contributed by atoms with E-state index in [0.29, 0.717) is 32.1 Å². The Bertz CT molecular complexity index is 421. The van der Waals surface area contributed by atoms with Crippen molar-refractivity contribution in [1.29, 1.82) is 0 Å². The first-order chi connectivity index (χ1) is 11.5. The maximum absolute atomic E-state index is 11.8. The molecule has 0 aromatic rings. The topological polar surface area (TPSA) is 88.1 Å². The lowest BCUT2D eigenvalue weighted by Gasteiger charge is -2.34. The van der Waals surface area contributed by atoms with Crippen LogP contribution in [0.2, 0.25) is 0 Å². The summed E-state index contributed by atoms with van der Waals surface area (Å²) in [6.07, 6.45) is 0.922. The fraction of sp³-hybridized carbons (Fsp3) is 0.824. The Morgan fingerprint density at radius 1 is 0.792 bits per heavy atom. The SMILES string of the molecule is CCCC(=O)OC1C[C@@H](OC(=O)CCC)[C@H](OC(=O)CCC)CO1. The van der Waals surface area contributed by atoms with Crippen molar-refractivity contribution in [3.63, 3.8) is 0 Å². The Balaban J connectivity index is 2.65. The van der Waals surface area contributed by atoms with E-state index in [9.17, 15) is 14.4 Å². The molecule has 1 aliphatic rings. The second-order valence-electron chi connectivity index (χ2n) is 5.80. The summed E-state index contributed by atoms with van der Waals surface area (Å²) in [5.41, 5.74) is 0. The number of carbonyl (C=O) groups excluding carboxylic acids is 3. The van der Waals surface area contributed by atoms with Crippen molar-refractivity contribution in [2.24, 2.45) is 0 Å². The zero-order valence-electron chi connectivity index (χ0n) is 14.7. The lowest BCUT2D eigenvalue weighted by molar-refractivity contribution is -0.230. The third-order valence-corrected chi connectivity index (χ3v) is 3.48. The van der Waals surface area contributed by atoms with Crippen LogP contribution in [0.1, 0.15) is 65.7 Å². The van der Waals surface area contributed by atoms with Crippen LogP contribution < -0.4 is 0 Å². The zero-order chi connectivity index (χ0) is 17.9. The first-order valence-corrected chi connectivity index (χ1v) is 8.70. The summed E-state index contributed by atoms with van der Waals surface area (Å²) in [5, 5.41) is 0. The molecule has 0 radical (unpaired) electrons. The average Bonchev–Trinajstić information content (AvgIpc) is 2.50. The van der Waals surface area contributed by atoms with E-state index >= 15 is 0 Å². The van der Waals surface area contributed by atoms with Gasteiger partial charge >= 0.3 is 17.9 Å². The lowest BCUT2D eigenvalue weighted by atomic mass is 10.1. The van der Waals surface area contributed by atoms with Gasteiger partial charge in [0.25, 0.3) is 0 Å². The van der Waals surface area contributed by atoms with Crippen LogP contribution in [-0.4, -0.2) is 43.0 Å². The molecular formula is C17H28O7. The molecule has 1 unspecified atom stereocenters. The predicted molar refractivity (Wildman–Crippen MR) is 84.9 cm³/mol. The monoisotopic (exact) mass is 344 g/mol. The molecule has 1 rings (SSSR count). The highest BCUT2D eigenvalue weighted by molar-refractivity contribution is 5.71. The van der Waals surface area contributed by atoms with E-state index in [1.54, 1.807) is 0 Å². The van der Waals surface area contributed by atoms with Crippen LogP contribution in [0.25, 0.3) is 0 Å². The van der Waals surface area contributed by atoms with Gasteiger partial charge in [-0.1, -0.05) is 20.8 Å². The van der Waals surface area contributed by atoms with Crippen molar-refractivity contribution >= 4 is 17.9 Å². The van der Waals surface area contributed by atoms with Crippen molar-refractivity contribution < 1.29 is 33.3 Å². The zero-order valence-corrected chi connectivity index (χ0v) is 14.7. The second-order valence-corrected chi connectivity index (χ2v) is 5.80. The highest BCUT2D eigenvalue weighted by Gasteiger charge is 2.38. The molecule has 138 valence electrons. The lowest BCUT2D eigenvalue weighted by Crippen LogP contribution is -2.47. The third-order valence-electron chi connectivity index (χ3n) is 3.48. The number of esters is 3. The molecule has 1 saturated heterocycles. The van der Waals surface area contributed by atoms with Gasteiger partial charge < -0.3 is 18.9 Å². The Labute approximate surface area is 143 Å². The fourth-order valence-corrected chi connectivity index (χ4v) is 2.31. The van der Waals surface area contributed by atoms with E-state index in [1.165, 1.54) is 0 Å². The highest BCUT2D eigenvalue weighted by Crippen LogP contribution is 2.23. The number of rotatable bonds is 9. The van der Waals surface area contributed by atoms with Crippen LogP contribution in [0, 0.1) is 0 Å². The molecule has 0 N–H and O–H groups in total. The van der Waals surface area contributed by atoms with E-state index < -0.39 is 18.5 Å². The quantitative estimate of drug-likeness (QED) is 0.469. The van der Waals surface area contributed by atoms with Crippen LogP contribution in [0.5, 0.6) is 0 Å². The fourth-order valence-electron chi connectivity index (χ4n) is 2.31. The summed E-state index contributed by atoms with van der Waals surface area (Å²) in [4.78, 5) is 35.1. The van der Waals surface area contributed by atoms with Crippen molar-refractivity contribution in [2.45, 2.75) is 84.2 Å². The smallest absolute Gasteiger partial charge is 0.308 e. The molecule has 0 aliphatic carbocycles. The molecule has 7 heteroatoms. The molecule has 1 aliphatic heterocycles. The van der Waals surface area contributed by atoms with Crippen molar-refractivity contribution in [2.75, 3.05) is 6.61 Å². The van der Waals surface area contributed by atoms with Gasteiger partial charge in [-0.15, -0.1) is 0 Å². The van der Waals surface area contributed by atoms with Crippen LogP contribution in [0.3, 0.4) is 0 Å². The van der Waals surface area contributed by atoms with Gasteiger partial charge in [0, 0.05) is 19.3 Å². The van der Waals surface area contributed by atoms with E-state index in [0.717, 1.165) is 0 Å². The maximum atomic E-state index is 11.8. The van der Waals surface area contributed by atoms with Gasteiger partial charge in [-0.3, -0.25) is 14.4 Å². The largest absolute Gasteiger partial charge is 0.458 e. The molecule has 24 heavy (non-hydrogen) atoms. The molecular weight excluding hydrogens is 316 g/mol. The van der Waals surface area contributed by atoms with Crippen LogP contribution in [-0.2, 0) is 33.3 Å². The molecule has 0 saturated carbocycles. The third kappa shape index (κ3) is 7.29.